The lowest BCUT2D eigenvalue weighted by Gasteiger charge is -2.15. The molecule has 0 fully saturated rings. The number of hydrogen-bond donors (Lipinski definition) is 1. The number of nitrogens with two attached hydrogens (primary N) is 1. The van der Waals surface area contributed by atoms with E-state index < -0.39 is 0 Å². The van der Waals surface area contributed by atoms with Crippen molar-refractivity contribution in [3.05, 3.63) is 72.6 Å². The van der Waals surface area contributed by atoms with E-state index in [0.29, 0.717) is 6.54 Å². The van der Waals surface area contributed by atoms with Gasteiger partial charge in [0, 0.05) is 29.1 Å². The molecule has 100 valence electrons. The molecule has 1 unspecified atom stereocenters. The lowest BCUT2D eigenvalue weighted by atomic mass is 10.1. The minimum atomic E-state index is 0.263. The van der Waals surface area contributed by atoms with Crippen molar-refractivity contribution in [3.8, 4) is 0 Å². The molecule has 0 bridgehead atoms. The Balaban J connectivity index is 1.87. The van der Waals surface area contributed by atoms with E-state index in [1.165, 1.54) is 21.2 Å². The maximum atomic E-state index is 5.92. The van der Waals surface area contributed by atoms with Crippen LogP contribution in [0, 0.1) is 0 Å². The molecule has 2 nitrogen and oxygen atoms in total. The van der Waals surface area contributed by atoms with Gasteiger partial charge in [-0.25, -0.2) is 0 Å². The summed E-state index contributed by atoms with van der Waals surface area (Å²) in [5.74, 6) is 0. The van der Waals surface area contributed by atoms with Gasteiger partial charge in [0.05, 0.1) is 0 Å². The molecule has 0 aliphatic rings. The summed E-state index contributed by atoms with van der Waals surface area (Å²) in [5.41, 5.74) is 7.15. The van der Waals surface area contributed by atoms with Gasteiger partial charge < -0.3 is 5.73 Å². The Morgan fingerprint density at radius 2 is 1.70 bits per heavy atom. The quantitative estimate of drug-likeness (QED) is 0.733. The normalized spacial score (nSPS) is 12.4. The van der Waals surface area contributed by atoms with Gasteiger partial charge in [0.2, 0.25) is 0 Å². The fraction of sp³-hybridized carbons (Fsp3) is 0.118. The summed E-state index contributed by atoms with van der Waals surface area (Å²) < 4.78 is 0. The molecule has 1 atom stereocenters. The van der Waals surface area contributed by atoms with Gasteiger partial charge in [-0.2, -0.15) is 0 Å². The molecule has 3 rings (SSSR count). The zero-order valence-corrected chi connectivity index (χ0v) is 11.9. The van der Waals surface area contributed by atoms with Crippen LogP contribution in [0.2, 0.25) is 0 Å². The Morgan fingerprint density at radius 1 is 0.950 bits per heavy atom. The van der Waals surface area contributed by atoms with Gasteiger partial charge in [0.1, 0.15) is 0 Å². The molecule has 0 radical (unpaired) electrons. The van der Waals surface area contributed by atoms with Crippen molar-refractivity contribution >= 4 is 22.5 Å². The van der Waals surface area contributed by atoms with E-state index in [0.717, 1.165) is 0 Å². The molecule has 2 aromatic carbocycles. The molecule has 2 N–H and O–H groups in total. The molecule has 0 saturated heterocycles. The first-order valence-corrected chi connectivity index (χ1v) is 7.50. The minimum Gasteiger partial charge on any atom is -0.329 e. The predicted octanol–water partition coefficient (Wildman–Crippen LogP) is 4.03. The van der Waals surface area contributed by atoms with Crippen LogP contribution in [-0.2, 0) is 0 Å². The first-order valence-electron chi connectivity index (χ1n) is 6.62. The molecule has 0 spiro atoms. The first-order chi connectivity index (χ1) is 9.86. The molecule has 0 aliphatic carbocycles. The Morgan fingerprint density at radius 3 is 2.45 bits per heavy atom. The van der Waals surface area contributed by atoms with Crippen LogP contribution in [0.25, 0.3) is 10.8 Å². The third-order valence-corrected chi connectivity index (χ3v) is 4.57. The summed E-state index contributed by atoms with van der Waals surface area (Å²) in [6.45, 7) is 0.613. The van der Waals surface area contributed by atoms with Crippen LogP contribution in [0.3, 0.4) is 0 Å². The molecule has 0 saturated carbocycles. The van der Waals surface area contributed by atoms with Crippen molar-refractivity contribution in [2.24, 2.45) is 5.73 Å². The van der Waals surface area contributed by atoms with E-state index in [2.05, 4.69) is 47.4 Å². The topological polar surface area (TPSA) is 38.9 Å². The largest absolute Gasteiger partial charge is 0.329 e. The summed E-state index contributed by atoms with van der Waals surface area (Å²) in [5, 5.41) is 2.80. The summed E-state index contributed by atoms with van der Waals surface area (Å²) in [6, 6.07) is 19.0. The van der Waals surface area contributed by atoms with Crippen LogP contribution in [0.1, 0.15) is 10.8 Å². The number of thioether (sulfide) groups is 1. The van der Waals surface area contributed by atoms with Crippen LogP contribution >= 0.6 is 11.8 Å². The van der Waals surface area contributed by atoms with Crippen LogP contribution in [0.4, 0.5) is 0 Å². The number of pyridine rings is 1. The van der Waals surface area contributed by atoms with E-state index in [1.54, 1.807) is 11.8 Å². The fourth-order valence-corrected chi connectivity index (χ4v) is 3.29. The molecule has 0 aliphatic heterocycles. The molecule has 0 amide bonds. The summed E-state index contributed by atoms with van der Waals surface area (Å²) in [6.07, 6.45) is 3.64. The average Bonchev–Trinajstić information content (AvgIpc) is 2.53. The van der Waals surface area contributed by atoms with Crippen molar-refractivity contribution in [3.63, 3.8) is 0 Å². The molecule has 20 heavy (non-hydrogen) atoms. The summed E-state index contributed by atoms with van der Waals surface area (Å²) in [4.78, 5) is 5.31. The zero-order valence-electron chi connectivity index (χ0n) is 11.1. The Bertz CT molecular complexity index is 697. The molecule has 1 aromatic heterocycles. The lowest BCUT2D eigenvalue weighted by molar-refractivity contribution is 0.937. The Labute approximate surface area is 123 Å². The number of benzene rings is 2. The van der Waals surface area contributed by atoms with Gasteiger partial charge in [-0.05, 0) is 40.6 Å². The van der Waals surface area contributed by atoms with Crippen molar-refractivity contribution in [2.75, 3.05) is 6.54 Å². The maximum Gasteiger partial charge on any atom is 0.0467 e. The summed E-state index contributed by atoms with van der Waals surface area (Å²) >= 11 is 1.80. The third kappa shape index (κ3) is 2.84. The molecular formula is C17H16N2S. The fourth-order valence-electron chi connectivity index (χ4n) is 2.24. The smallest absolute Gasteiger partial charge is 0.0467 e. The highest BCUT2D eigenvalue weighted by Gasteiger charge is 2.11. The number of hydrogen-bond acceptors (Lipinski definition) is 3. The second kappa shape index (κ2) is 6.07. The monoisotopic (exact) mass is 280 g/mol. The molecule has 1 heterocycles. The van der Waals surface area contributed by atoms with E-state index in [1.807, 2.05) is 24.5 Å². The zero-order chi connectivity index (χ0) is 13.8. The van der Waals surface area contributed by atoms with E-state index in [9.17, 15) is 0 Å². The van der Waals surface area contributed by atoms with Gasteiger partial charge in [-0.15, -0.1) is 11.8 Å². The van der Waals surface area contributed by atoms with Crippen molar-refractivity contribution in [2.45, 2.75) is 10.1 Å². The lowest BCUT2D eigenvalue weighted by Crippen LogP contribution is -2.09. The van der Waals surface area contributed by atoms with Gasteiger partial charge in [0.15, 0.2) is 0 Å². The number of nitrogens with zero attached hydrogens (tertiary/aromatic N) is 1. The van der Waals surface area contributed by atoms with Crippen molar-refractivity contribution < 1.29 is 0 Å². The molecule has 3 aromatic rings. The molecule has 3 heteroatoms. The maximum absolute atomic E-state index is 5.92. The second-order valence-corrected chi connectivity index (χ2v) is 5.91. The molecular weight excluding hydrogens is 264 g/mol. The van der Waals surface area contributed by atoms with Crippen molar-refractivity contribution in [1.82, 2.24) is 4.98 Å². The van der Waals surface area contributed by atoms with E-state index in [4.69, 9.17) is 5.73 Å². The van der Waals surface area contributed by atoms with Gasteiger partial charge >= 0.3 is 0 Å². The van der Waals surface area contributed by atoms with Gasteiger partial charge in [-0.3, -0.25) is 4.98 Å². The van der Waals surface area contributed by atoms with Gasteiger partial charge in [0.25, 0.3) is 0 Å². The highest BCUT2D eigenvalue weighted by atomic mass is 32.2. The van der Waals surface area contributed by atoms with E-state index >= 15 is 0 Å². The van der Waals surface area contributed by atoms with Crippen LogP contribution < -0.4 is 5.73 Å². The first kappa shape index (κ1) is 13.2. The van der Waals surface area contributed by atoms with Crippen LogP contribution in [0.15, 0.2) is 71.9 Å². The Hall–Kier alpha value is -1.84. The number of fused-ring (bicyclic) bond motifs is 1. The minimum absolute atomic E-state index is 0.263. The van der Waals surface area contributed by atoms with Crippen LogP contribution in [0.5, 0.6) is 0 Å². The average molecular weight is 280 g/mol. The van der Waals surface area contributed by atoms with Crippen molar-refractivity contribution in [1.29, 1.82) is 0 Å². The Kier molecular flexibility index (Phi) is 4.00. The van der Waals surface area contributed by atoms with Gasteiger partial charge in [-0.1, -0.05) is 30.3 Å². The third-order valence-electron chi connectivity index (χ3n) is 3.29. The predicted molar refractivity (Wildman–Crippen MR) is 85.8 cm³/mol. The number of aromatic nitrogens is 1. The van der Waals surface area contributed by atoms with Crippen LogP contribution in [-0.4, -0.2) is 11.5 Å². The SMILES string of the molecule is NCC(Sc1ccc2ccccc2c1)c1ccncc1. The second-order valence-electron chi connectivity index (χ2n) is 4.63. The number of rotatable bonds is 4. The standard InChI is InChI=1S/C17H16N2S/c18-12-17(14-7-9-19-10-8-14)20-16-6-5-13-3-1-2-4-15(13)11-16/h1-11,17H,12,18H2. The summed E-state index contributed by atoms with van der Waals surface area (Å²) in [7, 11) is 0. The highest BCUT2D eigenvalue weighted by Crippen LogP contribution is 2.35. The highest BCUT2D eigenvalue weighted by molar-refractivity contribution is 7.99. The van der Waals surface area contributed by atoms with E-state index in [-0.39, 0.29) is 5.25 Å².